The largest absolute Gasteiger partial charge is 0.351 e. The Balaban J connectivity index is 1.71. The van der Waals surface area contributed by atoms with Gasteiger partial charge in [0.2, 0.25) is 0 Å². The van der Waals surface area contributed by atoms with E-state index in [4.69, 9.17) is 17.2 Å². The van der Waals surface area contributed by atoms with Gasteiger partial charge in [0.1, 0.15) is 0 Å². The standard InChI is InChI=1S/C29H29BrN4S/c1-5-21-10-8-9-18(2)27(21)33-19(3)17-24(20(33)4)28-26(25-11-6-7-16-31-25)32-29(35)34(28)23-14-12-22(30)13-15-23/h6-17,26,28H,5H2,1-4H3,(H,32,35). The summed E-state index contributed by atoms with van der Waals surface area (Å²) in [6, 6.07) is 23.2. The smallest absolute Gasteiger partial charge is 0.174 e. The molecular formula is C29H29BrN4S. The summed E-state index contributed by atoms with van der Waals surface area (Å²) >= 11 is 9.48. The third kappa shape index (κ3) is 4.19. The molecule has 0 amide bonds. The topological polar surface area (TPSA) is 33.1 Å². The third-order valence-electron chi connectivity index (χ3n) is 6.92. The van der Waals surface area contributed by atoms with E-state index in [0.29, 0.717) is 5.11 Å². The lowest BCUT2D eigenvalue weighted by molar-refractivity contribution is 0.565. The SMILES string of the molecule is CCc1cccc(C)c1-n1c(C)cc(C2C(c3ccccn3)NC(=S)N2c2ccc(Br)cc2)c1C. The number of nitrogens with one attached hydrogen (secondary N) is 1. The average molecular weight is 546 g/mol. The van der Waals surface area contributed by atoms with Gasteiger partial charge in [-0.2, -0.15) is 0 Å². The van der Waals surface area contributed by atoms with Gasteiger partial charge in [-0.25, -0.2) is 0 Å². The van der Waals surface area contributed by atoms with Crippen LogP contribution in [-0.2, 0) is 6.42 Å². The number of nitrogens with zero attached hydrogens (tertiary/aromatic N) is 3. The first-order chi connectivity index (χ1) is 16.9. The van der Waals surface area contributed by atoms with Crippen LogP contribution in [0.2, 0.25) is 0 Å². The lowest BCUT2D eigenvalue weighted by Gasteiger charge is -2.28. The monoisotopic (exact) mass is 544 g/mol. The molecular weight excluding hydrogens is 516 g/mol. The molecule has 1 saturated heterocycles. The molecule has 1 N–H and O–H groups in total. The second-order valence-corrected chi connectivity index (χ2v) is 10.4. The van der Waals surface area contributed by atoms with Gasteiger partial charge in [-0.15, -0.1) is 0 Å². The van der Waals surface area contributed by atoms with Gasteiger partial charge in [0.05, 0.1) is 23.5 Å². The summed E-state index contributed by atoms with van der Waals surface area (Å²) in [4.78, 5) is 6.95. The highest BCUT2D eigenvalue weighted by molar-refractivity contribution is 9.10. The van der Waals surface area contributed by atoms with Crippen molar-refractivity contribution in [3.63, 3.8) is 0 Å². The van der Waals surface area contributed by atoms with E-state index in [0.717, 1.165) is 22.3 Å². The molecule has 2 unspecified atom stereocenters. The molecule has 0 saturated carbocycles. The van der Waals surface area contributed by atoms with Crippen LogP contribution in [0.15, 0.2) is 77.4 Å². The summed E-state index contributed by atoms with van der Waals surface area (Å²) in [7, 11) is 0. The van der Waals surface area contributed by atoms with Gasteiger partial charge >= 0.3 is 0 Å². The van der Waals surface area contributed by atoms with Crippen molar-refractivity contribution in [1.82, 2.24) is 14.9 Å². The first kappa shape index (κ1) is 23.8. The number of hydrogen-bond donors (Lipinski definition) is 1. The Morgan fingerprint density at radius 3 is 2.46 bits per heavy atom. The molecule has 1 aliphatic rings. The Labute approximate surface area is 221 Å². The van der Waals surface area contributed by atoms with Crippen molar-refractivity contribution in [2.24, 2.45) is 0 Å². The number of aryl methyl sites for hydroxylation is 3. The van der Waals surface area contributed by atoms with Gasteiger partial charge in [-0.1, -0.05) is 47.1 Å². The van der Waals surface area contributed by atoms with E-state index in [1.807, 2.05) is 18.3 Å². The fourth-order valence-corrected chi connectivity index (χ4v) is 5.92. The number of aromatic nitrogens is 2. The van der Waals surface area contributed by atoms with E-state index in [9.17, 15) is 0 Å². The van der Waals surface area contributed by atoms with Crippen LogP contribution in [0.5, 0.6) is 0 Å². The molecule has 5 rings (SSSR count). The third-order valence-corrected chi connectivity index (χ3v) is 7.76. The number of halogens is 1. The first-order valence-corrected chi connectivity index (χ1v) is 13.1. The molecule has 4 aromatic rings. The van der Waals surface area contributed by atoms with Gasteiger partial charge in [-0.3, -0.25) is 4.98 Å². The maximum Gasteiger partial charge on any atom is 0.174 e. The number of benzene rings is 2. The van der Waals surface area contributed by atoms with Crippen LogP contribution in [0, 0.1) is 20.8 Å². The van der Waals surface area contributed by atoms with Crippen LogP contribution in [0.3, 0.4) is 0 Å². The molecule has 0 spiro atoms. The van der Waals surface area contributed by atoms with Crippen molar-refractivity contribution in [3.8, 4) is 5.69 Å². The molecule has 6 heteroatoms. The fourth-order valence-electron chi connectivity index (χ4n) is 5.31. The second-order valence-electron chi connectivity index (χ2n) is 9.07. The van der Waals surface area contributed by atoms with Crippen LogP contribution in [0.4, 0.5) is 5.69 Å². The minimum atomic E-state index is -0.0659. The van der Waals surface area contributed by atoms with Crippen molar-refractivity contribution in [3.05, 3.63) is 111 Å². The first-order valence-electron chi connectivity index (χ1n) is 11.9. The van der Waals surface area contributed by atoms with E-state index in [1.54, 1.807) is 0 Å². The van der Waals surface area contributed by atoms with Crippen LogP contribution in [0.1, 0.15) is 52.8 Å². The number of pyridine rings is 1. The van der Waals surface area contributed by atoms with Crippen LogP contribution in [-0.4, -0.2) is 14.7 Å². The van der Waals surface area contributed by atoms with E-state index >= 15 is 0 Å². The molecule has 4 nitrogen and oxygen atoms in total. The Hall–Kier alpha value is -2.96. The summed E-state index contributed by atoms with van der Waals surface area (Å²) in [6.45, 7) is 8.84. The predicted molar refractivity (Wildman–Crippen MR) is 151 cm³/mol. The Kier molecular flexibility index (Phi) is 6.51. The number of hydrogen-bond acceptors (Lipinski definition) is 2. The van der Waals surface area contributed by atoms with Gasteiger partial charge in [0.25, 0.3) is 0 Å². The summed E-state index contributed by atoms with van der Waals surface area (Å²) in [5.74, 6) is 0. The zero-order valence-electron chi connectivity index (χ0n) is 20.4. The Morgan fingerprint density at radius 1 is 1.00 bits per heavy atom. The predicted octanol–water partition coefficient (Wildman–Crippen LogP) is 7.30. The molecule has 0 aliphatic carbocycles. The molecule has 0 radical (unpaired) electrons. The zero-order valence-corrected chi connectivity index (χ0v) is 22.8. The highest BCUT2D eigenvalue weighted by Crippen LogP contribution is 2.44. The number of thiocarbonyl (C=S) groups is 1. The maximum absolute atomic E-state index is 5.91. The minimum Gasteiger partial charge on any atom is -0.351 e. The maximum atomic E-state index is 5.91. The average Bonchev–Trinajstić information content (AvgIpc) is 3.35. The molecule has 3 heterocycles. The number of rotatable bonds is 5. The fraction of sp³-hybridized carbons (Fsp3) is 0.241. The van der Waals surface area contributed by atoms with Crippen molar-refractivity contribution in [2.45, 2.75) is 46.2 Å². The van der Waals surface area contributed by atoms with Crippen molar-refractivity contribution < 1.29 is 0 Å². The molecule has 2 aromatic carbocycles. The van der Waals surface area contributed by atoms with E-state index < -0.39 is 0 Å². The normalized spacial score (nSPS) is 17.6. The molecule has 1 aliphatic heterocycles. The van der Waals surface area contributed by atoms with Gasteiger partial charge in [-0.05, 0) is 98.6 Å². The van der Waals surface area contributed by atoms with E-state index in [-0.39, 0.29) is 12.1 Å². The molecule has 178 valence electrons. The number of anilines is 1. The van der Waals surface area contributed by atoms with Gasteiger partial charge in [0.15, 0.2) is 5.11 Å². The summed E-state index contributed by atoms with van der Waals surface area (Å²) in [6.07, 6.45) is 2.84. The molecule has 2 aromatic heterocycles. The van der Waals surface area contributed by atoms with Crippen molar-refractivity contribution in [1.29, 1.82) is 0 Å². The second kappa shape index (κ2) is 9.59. The lowest BCUT2D eigenvalue weighted by Crippen LogP contribution is -2.29. The molecule has 1 fully saturated rings. The molecule has 0 bridgehead atoms. The van der Waals surface area contributed by atoms with Crippen molar-refractivity contribution >= 4 is 38.9 Å². The Bertz CT molecular complexity index is 1380. The van der Waals surface area contributed by atoms with Crippen LogP contribution < -0.4 is 10.2 Å². The van der Waals surface area contributed by atoms with Gasteiger partial charge in [0, 0.05) is 27.7 Å². The quantitative estimate of drug-likeness (QED) is 0.267. The van der Waals surface area contributed by atoms with Crippen LogP contribution >= 0.6 is 28.1 Å². The Morgan fingerprint density at radius 2 is 1.77 bits per heavy atom. The minimum absolute atomic E-state index is 0.0346. The highest BCUT2D eigenvalue weighted by atomic mass is 79.9. The van der Waals surface area contributed by atoms with Crippen molar-refractivity contribution in [2.75, 3.05) is 4.90 Å². The molecule has 35 heavy (non-hydrogen) atoms. The van der Waals surface area contributed by atoms with E-state index in [1.165, 1.54) is 33.8 Å². The summed E-state index contributed by atoms with van der Waals surface area (Å²) in [5.41, 5.74) is 9.65. The number of para-hydroxylation sites is 1. The van der Waals surface area contributed by atoms with Gasteiger partial charge < -0.3 is 14.8 Å². The highest BCUT2D eigenvalue weighted by Gasteiger charge is 2.42. The summed E-state index contributed by atoms with van der Waals surface area (Å²) in [5, 5.41) is 4.30. The zero-order chi connectivity index (χ0) is 24.7. The molecule has 2 atom stereocenters. The van der Waals surface area contributed by atoms with E-state index in [2.05, 4.69) is 113 Å². The summed E-state index contributed by atoms with van der Waals surface area (Å²) < 4.78 is 3.46. The lowest BCUT2D eigenvalue weighted by atomic mass is 9.96. The van der Waals surface area contributed by atoms with Crippen LogP contribution in [0.25, 0.3) is 5.69 Å².